The van der Waals surface area contributed by atoms with Gasteiger partial charge in [0.2, 0.25) is 5.91 Å². The van der Waals surface area contributed by atoms with E-state index in [1.54, 1.807) is 12.1 Å². The van der Waals surface area contributed by atoms with E-state index in [0.29, 0.717) is 30.0 Å². The fraction of sp³-hybridized carbons (Fsp3) is 0.156. The Kier molecular flexibility index (Phi) is 8.68. The van der Waals surface area contributed by atoms with Crippen molar-refractivity contribution in [2.45, 2.75) is 25.5 Å². The van der Waals surface area contributed by atoms with Crippen molar-refractivity contribution in [3.63, 3.8) is 0 Å². The summed E-state index contributed by atoms with van der Waals surface area (Å²) in [7, 11) is 0. The monoisotopic (exact) mass is 551 g/mol. The van der Waals surface area contributed by atoms with Gasteiger partial charge in [-0.1, -0.05) is 72.8 Å². The van der Waals surface area contributed by atoms with Crippen LogP contribution < -0.4 is 16.0 Å². The molecule has 1 aromatic heterocycles. The molecule has 0 radical (unpaired) electrons. The number of rotatable bonds is 10. The predicted molar refractivity (Wildman–Crippen MR) is 160 cm³/mol. The van der Waals surface area contributed by atoms with Gasteiger partial charge >= 0.3 is 6.09 Å². The van der Waals surface area contributed by atoms with Crippen LogP contribution in [0.4, 0.5) is 10.5 Å². The van der Waals surface area contributed by atoms with Gasteiger partial charge in [-0.2, -0.15) is 0 Å². The van der Waals surface area contributed by atoms with Crippen LogP contribution in [0, 0.1) is 0 Å². The molecule has 202 valence electrons. The third-order valence-electron chi connectivity index (χ3n) is 6.44. The summed E-state index contributed by atoms with van der Waals surface area (Å²) in [5, 5.41) is 11.7. The zero-order chi connectivity index (χ0) is 27.7. The van der Waals surface area contributed by atoms with E-state index in [4.69, 9.17) is 4.74 Å². The molecule has 0 unspecified atom stereocenters. The number of carbonyl (C=O) groups is 3. The first kappa shape index (κ1) is 26.9. The summed E-state index contributed by atoms with van der Waals surface area (Å²) in [6.45, 7) is 0.453. The Bertz CT molecular complexity index is 1600. The lowest BCUT2D eigenvalue weighted by molar-refractivity contribution is -0.118. The number of alkyl carbamates (subject to hydrolysis) is 1. The predicted octanol–water partition coefficient (Wildman–Crippen LogP) is 6.50. The summed E-state index contributed by atoms with van der Waals surface area (Å²) in [4.78, 5) is 39.0. The summed E-state index contributed by atoms with van der Waals surface area (Å²) in [6, 6.07) is 31.8. The van der Waals surface area contributed by atoms with Crippen LogP contribution in [0.15, 0.2) is 103 Å². The summed E-state index contributed by atoms with van der Waals surface area (Å²) in [5.74, 6) is -0.628. The number of anilines is 1. The van der Waals surface area contributed by atoms with E-state index in [-0.39, 0.29) is 18.4 Å². The first-order chi connectivity index (χ1) is 19.5. The summed E-state index contributed by atoms with van der Waals surface area (Å²) in [5.41, 5.74) is 1.54. The van der Waals surface area contributed by atoms with Gasteiger partial charge in [-0.05, 0) is 64.9 Å². The quantitative estimate of drug-likeness (QED) is 0.173. The molecule has 5 rings (SSSR count). The van der Waals surface area contributed by atoms with E-state index in [1.165, 1.54) is 11.3 Å². The molecule has 0 fully saturated rings. The van der Waals surface area contributed by atoms with Crippen LogP contribution in [0.1, 0.15) is 28.1 Å². The SMILES string of the molecule is O=C(NCCC[C@H](NC(=O)c1cc2ccccc2s1)C(=O)Nc1ccccc1)OCc1ccc2ccccc2c1. The van der Waals surface area contributed by atoms with Crippen molar-refractivity contribution in [2.75, 3.05) is 11.9 Å². The number of nitrogens with one attached hydrogen (secondary N) is 3. The second-order valence-electron chi connectivity index (χ2n) is 9.36. The molecule has 3 N–H and O–H groups in total. The van der Waals surface area contributed by atoms with Crippen molar-refractivity contribution >= 4 is 55.8 Å². The summed E-state index contributed by atoms with van der Waals surface area (Å²) >= 11 is 1.38. The van der Waals surface area contributed by atoms with Crippen molar-refractivity contribution < 1.29 is 19.1 Å². The highest BCUT2D eigenvalue weighted by atomic mass is 32.1. The highest BCUT2D eigenvalue weighted by Crippen LogP contribution is 2.25. The van der Waals surface area contributed by atoms with Gasteiger partial charge in [0.05, 0.1) is 4.88 Å². The maximum Gasteiger partial charge on any atom is 0.407 e. The van der Waals surface area contributed by atoms with Gasteiger partial charge in [-0.15, -0.1) is 11.3 Å². The third kappa shape index (κ3) is 7.03. The fourth-order valence-corrected chi connectivity index (χ4v) is 5.33. The molecule has 40 heavy (non-hydrogen) atoms. The lowest BCUT2D eigenvalue weighted by atomic mass is 10.1. The average Bonchev–Trinajstić information content (AvgIpc) is 3.43. The second kappa shape index (κ2) is 12.9. The second-order valence-corrected chi connectivity index (χ2v) is 10.4. The number of para-hydroxylation sites is 1. The minimum atomic E-state index is -0.784. The van der Waals surface area contributed by atoms with Gasteiger partial charge in [0.15, 0.2) is 0 Å². The number of benzene rings is 4. The zero-order valence-corrected chi connectivity index (χ0v) is 22.6. The van der Waals surface area contributed by atoms with Crippen LogP contribution in [-0.2, 0) is 16.1 Å². The number of fused-ring (bicyclic) bond motifs is 2. The Morgan fingerprint density at radius 3 is 2.30 bits per heavy atom. The van der Waals surface area contributed by atoms with Crippen LogP contribution in [0.5, 0.6) is 0 Å². The highest BCUT2D eigenvalue weighted by molar-refractivity contribution is 7.20. The van der Waals surface area contributed by atoms with Crippen molar-refractivity contribution in [3.05, 3.63) is 114 Å². The van der Waals surface area contributed by atoms with Crippen LogP contribution in [0.2, 0.25) is 0 Å². The van der Waals surface area contributed by atoms with Crippen molar-refractivity contribution in [1.29, 1.82) is 0 Å². The van der Waals surface area contributed by atoms with Crippen LogP contribution in [0.25, 0.3) is 20.9 Å². The van der Waals surface area contributed by atoms with Crippen LogP contribution >= 0.6 is 11.3 Å². The third-order valence-corrected chi connectivity index (χ3v) is 7.55. The molecule has 4 aromatic carbocycles. The van der Waals surface area contributed by atoms with Crippen LogP contribution in [-0.4, -0.2) is 30.5 Å². The Hall–Kier alpha value is -4.69. The van der Waals surface area contributed by atoms with E-state index in [0.717, 1.165) is 26.4 Å². The molecular weight excluding hydrogens is 522 g/mol. The van der Waals surface area contributed by atoms with Gasteiger partial charge in [0, 0.05) is 16.9 Å². The number of hydrogen-bond acceptors (Lipinski definition) is 5. The Labute approximate surface area is 236 Å². The van der Waals surface area contributed by atoms with Gasteiger partial charge in [-0.3, -0.25) is 9.59 Å². The number of ether oxygens (including phenoxy) is 1. The topological polar surface area (TPSA) is 96.5 Å². The number of amides is 3. The zero-order valence-electron chi connectivity index (χ0n) is 21.8. The molecule has 0 aliphatic rings. The molecule has 5 aromatic rings. The van der Waals surface area contributed by atoms with E-state index >= 15 is 0 Å². The van der Waals surface area contributed by atoms with E-state index < -0.39 is 12.1 Å². The summed E-state index contributed by atoms with van der Waals surface area (Å²) in [6.07, 6.45) is 0.262. The maximum atomic E-state index is 13.1. The molecule has 1 heterocycles. The Balaban J connectivity index is 1.14. The minimum Gasteiger partial charge on any atom is -0.445 e. The maximum absolute atomic E-state index is 13.1. The first-order valence-electron chi connectivity index (χ1n) is 13.1. The molecule has 8 heteroatoms. The summed E-state index contributed by atoms with van der Waals surface area (Å²) < 4.78 is 6.37. The van der Waals surface area contributed by atoms with Gasteiger partial charge in [0.25, 0.3) is 5.91 Å². The minimum absolute atomic E-state index is 0.157. The largest absolute Gasteiger partial charge is 0.445 e. The molecule has 0 aliphatic heterocycles. The van der Waals surface area contributed by atoms with Crippen LogP contribution in [0.3, 0.4) is 0 Å². The molecule has 1 atom stereocenters. The van der Waals surface area contributed by atoms with Crippen molar-refractivity contribution in [2.24, 2.45) is 0 Å². The van der Waals surface area contributed by atoms with E-state index in [1.807, 2.05) is 91.0 Å². The lowest BCUT2D eigenvalue weighted by Gasteiger charge is -2.18. The first-order valence-corrected chi connectivity index (χ1v) is 13.9. The number of thiophene rings is 1. The highest BCUT2D eigenvalue weighted by Gasteiger charge is 2.22. The molecule has 0 aliphatic carbocycles. The Morgan fingerprint density at radius 1 is 0.775 bits per heavy atom. The lowest BCUT2D eigenvalue weighted by Crippen LogP contribution is -2.44. The molecule has 0 spiro atoms. The standard InChI is InChI=1S/C32H29N3O4S/c36-30(34-26-12-2-1-3-13-26)27(35-31(37)29-20-25-11-6-7-15-28(25)40-29)14-8-18-33-32(38)39-21-22-16-17-23-9-4-5-10-24(23)19-22/h1-7,9-13,15-17,19-20,27H,8,14,18,21H2,(H,33,38)(H,34,36)(H,35,37)/t27-/m0/s1. The van der Waals surface area contributed by atoms with E-state index in [2.05, 4.69) is 16.0 Å². The van der Waals surface area contributed by atoms with Gasteiger partial charge < -0.3 is 20.7 Å². The molecule has 7 nitrogen and oxygen atoms in total. The normalized spacial score (nSPS) is 11.6. The molecule has 3 amide bonds. The molecule has 0 saturated carbocycles. The fourth-order valence-electron chi connectivity index (χ4n) is 4.37. The van der Waals surface area contributed by atoms with Crippen molar-refractivity contribution in [1.82, 2.24) is 10.6 Å². The number of hydrogen-bond donors (Lipinski definition) is 3. The smallest absolute Gasteiger partial charge is 0.407 e. The van der Waals surface area contributed by atoms with Crippen molar-refractivity contribution in [3.8, 4) is 0 Å². The average molecular weight is 552 g/mol. The molecule has 0 bridgehead atoms. The van der Waals surface area contributed by atoms with Gasteiger partial charge in [0.1, 0.15) is 12.6 Å². The van der Waals surface area contributed by atoms with E-state index in [9.17, 15) is 14.4 Å². The Morgan fingerprint density at radius 2 is 1.50 bits per heavy atom. The molecular formula is C32H29N3O4S. The molecule has 0 saturated heterocycles. The number of carbonyl (C=O) groups excluding carboxylic acids is 3. The van der Waals surface area contributed by atoms with Gasteiger partial charge in [-0.25, -0.2) is 4.79 Å².